The molecule has 0 heterocycles. The maximum Gasteiger partial charge on any atom is 0.131 e. The van der Waals surface area contributed by atoms with Crippen molar-refractivity contribution in [3.8, 4) is 0 Å². The molecule has 0 fully saturated rings. The third kappa shape index (κ3) is 3.35. The van der Waals surface area contributed by atoms with Crippen LogP contribution in [0.25, 0.3) is 0 Å². The van der Waals surface area contributed by atoms with Crippen LogP contribution in [0.15, 0.2) is 30.3 Å². The molecule has 1 N–H and O–H groups in total. The van der Waals surface area contributed by atoms with Crippen molar-refractivity contribution in [2.75, 3.05) is 5.32 Å². The number of benzene rings is 2. The molecule has 0 aliphatic rings. The van der Waals surface area contributed by atoms with Crippen molar-refractivity contribution in [3.05, 3.63) is 62.6 Å². The molecule has 2 aromatic carbocycles. The van der Waals surface area contributed by atoms with Crippen LogP contribution >= 0.6 is 34.8 Å². The van der Waals surface area contributed by atoms with E-state index in [1.54, 1.807) is 13.0 Å². The minimum Gasteiger partial charge on any atom is -0.377 e. The van der Waals surface area contributed by atoms with Crippen molar-refractivity contribution in [3.63, 3.8) is 0 Å². The predicted molar refractivity (Wildman–Crippen MR) is 79.9 cm³/mol. The van der Waals surface area contributed by atoms with E-state index in [2.05, 4.69) is 5.32 Å². The van der Waals surface area contributed by atoms with Gasteiger partial charge in [0.2, 0.25) is 0 Å². The molecule has 1 unspecified atom stereocenters. The molecule has 106 valence electrons. The van der Waals surface area contributed by atoms with Crippen LogP contribution in [0, 0.1) is 11.6 Å². The molecule has 0 bridgehead atoms. The molecular formula is C14H10Cl3F2N. The Morgan fingerprint density at radius 3 is 2.25 bits per heavy atom. The monoisotopic (exact) mass is 335 g/mol. The van der Waals surface area contributed by atoms with Gasteiger partial charge in [-0.25, -0.2) is 8.78 Å². The normalized spacial score (nSPS) is 12.3. The van der Waals surface area contributed by atoms with Gasteiger partial charge in [0, 0.05) is 11.6 Å². The summed E-state index contributed by atoms with van der Waals surface area (Å²) in [7, 11) is 0. The fourth-order valence-electron chi connectivity index (χ4n) is 1.80. The minimum absolute atomic E-state index is 0.327. The second-order valence-corrected chi connectivity index (χ2v) is 5.50. The van der Waals surface area contributed by atoms with Crippen LogP contribution in [0.5, 0.6) is 0 Å². The van der Waals surface area contributed by atoms with Gasteiger partial charge < -0.3 is 5.32 Å². The van der Waals surface area contributed by atoms with E-state index in [0.29, 0.717) is 26.3 Å². The van der Waals surface area contributed by atoms with Crippen LogP contribution in [0.2, 0.25) is 15.1 Å². The third-order valence-electron chi connectivity index (χ3n) is 2.81. The van der Waals surface area contributed by atoms with E-state index >= 15 is 0 Å². The second kappa shape index (κ2) is 6.17. The topological polar surface area (TPSA) is 12.0 Å². The summed E-state index contributed by atoms with van der Waals surface area (Å²) in [6.45, 7) is 1.73. The zero-order chi connectivity index (χ0) is 14.9. The first kappa shape index (κ1) is 15.4. The zero-order valence-electron chi connectivity index (χ0n) is 10.4. The Morgan fingerprint density at radius 2 is 1.60 bits per heavy atom. The molecule has 6 heteroatoms. The van der Waals surface area contributed by atoms with Crippen molar-refractivity contribution in [2.45, 2.75) is 13.0 Å². The lowest BCUT2D eigenvalue weighted by atomic mass is 10.1. The summed E-state index contributed by atoms with van der Waals surface area (Å²) in [5.74, 6) is -1.24. The van der Waals surface area contributed by atoms with Gasteiger partial charge in [0.1, 0.15) is 11.6 Å². The van der Waals surface area contributed by atoms with Crippen LogP contribution in [0.4, 0.5) is 14.5 Å². The summed E-state index contributed by atoms with van der Waals surface area (Å²) < 4.78 is 26.6. The highest BCUT2D eigenvalue weighted by Crippen LogP contribution is 2.34. The van der Waals surface area contributed by atoms with Gasteiger partial charge in [-0.1, -0.05) is 40.9 Å². The standard InChI is InChI=1S/C14H10Cl3F2N/c1-7(9-3-2-8(18)4-13(9)19)20-14-6-11(16)10(15)5-12(14)17/h2-7,20H,1H3. The molecule has 0 aliphatic heterocycles. The molecule has 0 spiro atoms. The smallest absolute Gasteiger partial charge is 0.131 e. The molecule has 1 nitrogen and oxygen atoms in total. The number of hydrogen-bond donors (Lipinski definition) is 1. The fraction of sp³-hybridized carbons (Fsp3) is 0.143. The number of anilines is 1. The van der Waals surface area contributed by atoms with Crippen molar-refractivity contribution in [2.24, 2.45) is 0 Å². The first-order valence-electron chi connectivity index (χ1n) is 5.74. The quantitative estimate of drug-likeness (QED) is 0.668. The molecule has 20 heavy (non-hydrogen) atoms. The number of rotatable bonds is 3. The van der Waals surface area contributed by atoms with E-state index in [-0.39, 0.29) is 0 Å². The highest BCUT2D eigenvalue weighted by molar-refractivity contribution is 6.44. The molecule has 1 atom stereocenters. The molecule has 2 aromatic rings. The van der Waals surface area contributed by atoms with Gasteiger partial charge in [-0.2, -0.15) is 0 Å². The summed E-state index contributed by atoms with van der Waals surface area (Å²) in [6, 6.07) is 6.07. The Bertz CT molecular complexity index is 647. The third-order valence-corrected chi connectivity index (χ3v) is 3.85. The van der Waals surface area contributed by atoms with Crippen molar-refractivity contribution < 1.29 is 8.78 Å². The Labute approximate surface area is 130 Å². The highest BCUT2D eigenvalue weighted by Gasteiger charge is 2.14. The van der Waals surface area contributed by atoms with Gasteiger partial charge in [-0.05, 0) is 25.1 Å². The van der Waals surface area contributed by atoms with Gasteiger partial charge in [-0.3, -0.25) is 0 Å². The minimum atomic E-state index is -0.624. The summed E-state index contributed by atoms with van der Waals surface area (Å²) in [5, 5.41) is 4.06. The summed E-state index contributed by atoms with van der Waals surface area (Å²) in [6.07, 6.45) is 0. The summed E-state index contributed by atoms with van der Waals surface area (Å²) >= 11 is 17.8. The van der Waals surface area contributed by atoms with E-state index in [1.165, 1.54) is 18.2 Å². The number of nitrogens with one attached hydrogen (secondary N) is 1. The van der Waals surface area contributed by atoms with Crippen LogP contribution in [0.1, 0.15) is 18.5 Å². The molecule has 0 saturated heterocycles. The van der Waals surface area contributed by atoms with Gasteiger partial charge in [-0.15, -0.1) is 0 Å². The van der Waals surface area contributed by atoms with Crippen LogP contribution in [0.3, 0.4) is 0 Å². The van der Waals surface area contributed by atoms with E-state index < -0.39 is 17.7 Å². The van der Waals surface area contributed by atoms with E-state index in [0.717, 1.165) is 6.07 Å². The van der Waals surface area contributed by atoms with E-state index in [4.69, 9.17) is 34.8 Å². The molecule has 0 amide bonds. The molecule has 2 rings (SSSR count). The van der Waals surface area contributed by atoms with Gasteiger partial charge in [0.15, 0.2) is 0 Å². The van der Waals surface area contributed by atoms with Gasteiger partial charge in [0.05, 0.1) is 26.8 Å². The molecule has 0 aromatic heterocycles. The van der Waals surface area contributed by atoms with Gasteiger partial charge in [0.25, 0.3) is 0 Å². The fourth-order valence-corrected chi connectivity index (χ4v) is 2.40. The predicted octanol–water partition coefficient (Wildman–Crippen LogP) is 6.10. The lowest BCUT2D eigenvalue weighted by Crippen LogP contribution is -2.09. The molecule has 0 radical (unpaired) electrons. The Kier molecular flexibility index (Phi) is 4.74. The van der Waals surface area contributed by atoms with Crippen molar-refractivity contribution >= 4 is 40.5 Å². The Morgan fingerprint density at radius 1 is 0.950 bits per heavy atom. The Hall–Kier alpha value is -1.03. The SMILES string of the molecule is CC(Nc1cc(Cl)c(Cl)cc1Cl)c1ccc(F)cc1F. The second-order valence-electron chi connectivity index (χ2n) is 4.28. The summed E-state index contributed by atoms with van der Waals surface area (Å²) in [4.78, 5) is 0. The molecular weight excluding hydrogens is 327 g/mol. The van der Waals surface area contributed by atoms with E-state index in [9.17, 15) is 8.78 Å². The van der Waals surface area contributed by atoms with Crippen LogP contribution in [-0.2, 0) is 0 Å². The van der Waals surface area contributed by atoms with Crippen molar-refractivity contribution in [1.82, 2.24) is 0 Å². The molecule has 0 saturated carbocycles. The molecule has 0 aliphatic carbocycles. The van der Waals surface area contributed by atoms with Crippen molar-refractivity contribution in [1.29, 1.82) is 0 Å². The lowest BCUT2D eigenvalue weighted by molar-refractivity contribution is 0.566. The summed E-state index contributed by atoms with van der Waals surface area (Å²) in [5.41, 5.74) is 0.853. The average molecular weight is 337 g/mol. The van der Waals surface area contributed by atoms with E-state index in [1.807, 2.05) is 0 Å². The first-order chi connectivity index (χ1) is 9.38. The maximum atomic E-state index is 13.7. The number of halogens is 5. The first-order valence-corrected chi connectivity index (χ1v) is 6.88. The van der Waals surface area contributed by atoms with Gasteiger partial charge >= 0.3 is 0 Å². The zero-order valence-corrected chi connectivity index (χ0v) is 12.6. The van der Waals surface area contributed by atoms with Crippen LogP contribution in [-0.4, -0.2) is 0 Å². The van der Waals surface area contributed by atoms with Crippen LogP contribution < -0.4 is 5.32 Å². The maximum absolute atomic E-state index is 13.7. The number of hydrogen-bond acceptors (Lipinski definition) is 1. The average Bonchev–Trinajstić information content (AvgIpc) is 2.35. The largest absolute Gasteiger partial charge is 0.377 e. The lowest BCUT2D eigenvalue weighted by Gasteiger charge is -2.18. The Balaban J connectivity index is 2.27. The highest BCUT2D eigenvalue weighted by atomic mass is 35.5.